The third-order valence-corrected chi connectivity index (χ3v) is 3.71. The molecule has 0 unspecified atom stereocenters. The fraction of sp³-hybridized carbons (Fsp3) is 0.571. The first-order valence-corrected chi connectivity index (χ1v) is 6.28. The number of aryl methyl sites for hydroxylation is 1. The molecule has 1 aromatic carbocycles. The topological polar surface area (TPSA) is 12.0 Å². The van der Waals surface area contributed by atoms with Gasteiger partial charge in [0, 0.05) is 12.2 Å². The Kier molecular flexibility index (Phi) is 2.40. The second kappa shape index (κ2) is 3.88. The first-order valence-electron chi connectivity index (χ1n) is 6.28. The van der Waals surface area contributed by atoms with Crippen molar-refractivity contribution in [1.82, 2.24) is 0 Å². The summed E-state index contributed by atoms with van der Waals surface area (Å²) in [7, 11) is 0. The van der Waals surface area contributed by atoms with Crippen LogP contribution in [-0.4, -0.2) is 6.54 Å². The number of hydrogen-bond acceptors (Lipinski definition) is 1. The fourth-order valence-corrected chi connectivity index (χ4v) is 2.58. The molecule has 2 aliphatic rings. The molecule has 0 amide bonds. The molecule has 1 heteroatoms. The van der Waals surface area contributed by atoms with Gasteiger partial charge in [0.25, 0.3) is 0 Å². The third-order valence-electron chi connectivity index (χ3n) is 3.71. The maximum atomic E-state index is 3.51. The van der Waals surface area contributed by atoms with Crippen molar-refractivity contribution in [3.05, 3.63) is 29.3 Å². The summed E-state index contributed by atoms with van der Waals surface area (Å²) in [5.41, 5.74) is 4.60. The summed E-state index contributed by atoms with van der Waals surface area (Å²) in [6, 6.07) is 6.77. The van der Waals surface area contributed by atoms with Gasteiger partial charge in [0.2, 0.25) is 0 Å². The van der Waals surface area contributed by atoms with E-state index in [1.165, 1.54) is 44.2 Å². The molecule has 0 atom stereocenters. The van der Waals surface area contributed by atoms with Gasteiger partial charge >= 0.3 is 0 Å². The van der Waals surface area contributed by atoms with Gasteiger partial charge in [-0.15, -0.1) is 0 Å². The van der Waals surface area contributed by atoms with Crippen molar-refractivity contribution in [2.75, 3.05) is 11.9 Å². The lowest BCUT2D eigenvalue weighted by molar-refractivity contribution is 0.714. The zero-order chi connectivity index (χ0) is 10.1. The minimum absolute atomic E-state index is 1.05. The van der Waals surface area contributed by atoms with Gasteiger partial charge < -0.3 is 5.32 Å². The van der Waals surface area contributed by atoms with Crippen LogP contribution >= 0.6 is 0 Å². The van der Waals surface area contributed by atoms with E-state index in [0.717, 1.165) is 12.5 Å². The van der Waals surface area contributed by atoms with E-state index in [-0.39, 0.29) is 0 Å². The highest BCUT2D eigenvalue weighted by atomic mass is 14.9. The minimum Gasteiger partial charge on any atom is -0.385 e. The Morgan fingerprint density at radius 3 is 3.07 bits per heavy atom. The fourth-order valence-electron chi connectivity index (χ4n) is 2.58. The molecule has 1 aliphatic heterocycles. The normalized spacial score (nSPS) is 19.5. The van der Waals surface area contributed by atoms with E-state index in [4.69, 9.17) is 0 Å². The van der Waals surface area contributed by atoms with E-state index in [9.17, 15) is 0 Å². The molecule has 0 aromatic heterocycles. The molecular weight excluding hydrogens is 182 g/mol. The van der Waals surface area contributed by atoms with Crippen LogP contribution in [0, 0.1) is 5.92 Å². The summed E-state index contributed by atoms with van der Waals surface area (Å²) in [4.78, 5) is 0. The molecule has 1 fully saturated rings. The van der Waals surface area contributed by atoms with Crippen molar-refractivity contribution in [3.63, 3.8) is 0 Å². The molecule has 1 N–H and O–H groups in total. The number of hydrogen-bond donors (Lipinski definition) is 1. The average Bonchev–Trinajstić information content (AvgIpc) is 3.10. The van der Waals surface area contributed by atoms with Crippen molar-refractivity contribution in [2.45, 2.75) is 38.5 Å². The second-order valence-corrected chi connectivity index (χ2v) is 4.96. The number of benzene rings is 1. The third kappa shape index (κ3) is 2.01. The Morgan fingerprint density at radius 1 is 1.27 bits per heavy atom. The first-order chi connectivity index (χ1) is 7.43. The van der Waals surface area contributed by atoms with E-state index < -0.39 is 0 Å². The largest absolute Gasteiger partial charge is 0.385 e. The van der Waals surface area contributed by atoms with Gasteiger partial charge in [0.15, 0.2) is 0 Å². The molecular formula is C14H19N. The monoisotopic (exact) mass is 201 g/mol. The zero-order valence-electron chi connectivity index (χ0n) is 9.26. The van der Waals surface area contributed by atoms with Crippen LogP contribution < -0.4 is 5.32 Å². The van der Waals surface area contributed by atoms with Gasteiger partial charge in [-0.25, -0.2) is 0 Å². The van der Waals surface area contributed by atoms with Gasteiger partial charge in [-0.05, 0) is 48.8 Å². The predicted octanol–water partition coefficient (Wildman–Crippen LogP) is 3.39. The van der Waals surface area contributed by atoms with Crippen LogP contribution in [-0.2, 0) is 12.8 Å². The van der Waals surface area contributed by atoms with E-state index in [0.29, 0.717) is 0 Å². The maximum Gasteiger partial charge on any atom is 0.0375 e. The summed E-state index contributed by atoms with van der Waals surface area (Å²) in [5, 5.41) is 3.51. The van der Waals surface area contributed by atoms with Gasteiger partial charge in [0.1, 0.15) is 0 Å². The van der Waals surface area contributed by atoms with Crippen LogP contribution in [0.4, 0.5) is 5.69 Å². The lowest BCUT2D eigenvalue weighted by Crippen LogP contribution is -2.13. The standard InChI is InChI=1S/C14H19N/c1-3-12(9-8-11-6-7-11)13-4-2-10-15-14(13)5-1/h1,3,5,11,15H,2,4,6-10H2. The smallest absolute Gasteiger partial charge is 0.0375 e. The highest BCUT2D eigenvalue weighted by molar-refractivity contribution is 5.56. The quantitative estimate of drug-likeness (QED) is 0.790. The molecule has 0 saturated heterocycles. The van der Waals surface area contributed by atoms with E-state index in [1.807, 2.05) is 0 Å². The summed E-state index contributed by atoms with van der Waals surface area (Å²) >= 11 is 0. The molecule has 0 bridgehead atoms. The Hall–Kier alpha value is -0.980. The summed E-state index contributed by atoms with van der Waals surface area (Å²) < 4.78 is 0. The van der Waals surface area contributed by atoms with Crippen LogP contribution in [0.15, 0.2) is 18.2 Å². The van der Waals surface area contributed by atoms with Gasteiger partial charge in [-0.3, -0.25) is 0 Å². The van der Waals surface area contributed by atoms with E-state index in [1.54, 1.807) is 11.1 Å². The SMILES string of the molecule is c1cc(CCC2CC2)c2c(c1)NCCC2. The highest BCUT2D eigenvalue weighted by Gasteiger charge is 2.21. The molecule has 0 spiro atoms. The van der Waals surface area contributed by atoms with E-state index >= 15 is 0 Å². The Morgan fingerprint density at radius 2 is 2.20 bits per heavy atom. The van der Waals surface area contributed by atoms with Crippen LogP contribution in [0.25, 0.3) is 0 Å². The summed E-state index contributed by atoms with van der Waals surface area (Å²) in [6.45, 7) is 1.15. The molecule has 80 valence electrons. The lowest BCUT2D eigenvalue weighted by atomic mass is 9.94. The van der Waals surface area contributed by atoms with Gasteiger partial charge in [-0.1, -0.05) is 25.0 Å². The lowest BCUT2D eigenvalue weighted by Gasteiger charge is -2.21. The molecule has 15 heavy (non-hydrogen) atoms. The summed E-state index contributed by atoms with van der Waals surface area (Å²) in [5.74, 6) is 1.05. The molecule has 3 rings (SSSR count). The van der Waals surface area contributed by atoms with E-state index in [2.05, 4.69) is 23.5 Å². The highest BCUT2D eigenvalue weighted by Crippen LogP contribution is 2.35. The van der Waals surface area contributed by atoms with Crippen LogP contribution in [0.2, 0.25) is 0 Å². The number of nitrogens with one attached hydrogen (secondary N) is 1. The second-order valence-electron chi connectivity index (χ2n) is 4.96. The van der Waals surface area contributed by atoms with Gasteiger partial charge in [0.05, 0.1) is 0 Å². The van der Waals surface area contributed by atoms with Crippen LogP contribution in [0.1, 0.15) is 36.8 Å². The van der Waals surface area contributed by atoms with Crippen LogP contribution in [0.3, 0.4) is 0 Å². The summed E-state index contributed by atoms with van der Waals surface area (Å²) in [6.07, 6.45) is 8.25. The molecule has 1 saturated carbocycles. The average molecular weight is 201 g/mol. The molecule has 0 radical (unpaired) electrons. The maximum absolute atomic E-state index is 3.51. The predicted molar refractivity (Wildman–Crippen MR) is 64.3 cm³/mol. The number of anilines is 1. The molecule has 1 aromatic rings. The minimum atomic E-state index is 1.05. The van der Waals surface area contributed by atoms with Crippen molar-refractivity contribution < 1.29 is 0 Å². The van der Waals surface area contributed by atoms with Crippen LogP contribution in [0.5, 0.6) is 0 Å². The Balaban J connectivity index is 1.79. The molecule has 1 heterocycles. The molecule has 1 nitrogen and oxygen atoms in total. The number of fused-ring (bicyclic) bond motifs is 1. The van der Waals surface area contributed by atoms with Crippen molar-refractivity contribution >= 4 is 5.69 Å². The van der Waals surface area contributed by atoms with Crippen molar-refractivity contribution in [1.29, 1.82) is 0 Å². The first kappa shape index (κ1) is 9.26. The van der Waals surface area contributed by atoms with Crippen molar-refractivity contribution in [3.8, 4) is 0 Å². The van der Waals surface area contributed by atoms with Gasteiger partial charge in [-0.2, -0.15) is 0 Å². The van der Waals surface area contributed by atoms with Crippen molar-refractivity contribution in [2.24, 2.45) is 5.92 Å². The molecule has 1 aliphatic carbocycles. The Labute approximate surface area is 91.9 Å². The zero-order valence-corrected chi connectivity index (χ0v) is 9.26. The number of rotatable bonds is 3. The Bertz CT molecular complexity index is 352.